The minimum Gasteiger partial charge on any atom is -0.492 e. The molecule has 2 aliphatic heterocycles. The average molecular weight is 547 g/mol. The summed E-state index contributed by atoms with van der Waals surface area (Å²) in [7, 11) is -2.90. The van der Waals surface area contributed by atoms with Crippen LogP contribution in [0.5, 0.6) is 17.2 Å². The first kappa shape index (κ1) is 25.9. The molecule has 3 aromatic carbocycles. The van der Waals surface area contributed by atoms with Gasteiger partial charge in [0.1, 0.15) is 35.7 Å². The van der Waals surface area contributed by atoms with E-state index in [4.69, 9.17) is 14.2 Å². The van der Waals surface area contributed by atoms with Crippen molar-refractivity contribution in [2.75, 3.05) is 18.1 Å². The molecule has 39 heavy (non-hydrogen) atoms. The second-order valence-corrected chi connectivity index (χ2v) is 13.3. The van der Waals surface area contributed by atoms with Crippen molar-refractivity contribution >= 4 is 15.6 Å². The van der Waals surface area contributed by atoms with Crippen molar-refractivity contribution in [2.24, 2.45) is 0 Å². The molecule has 6 nitrogen and oxygen atoms in total. The molecule has 2 heterocycles. The summed E-state index contributed by atoms with van der Waals surface area (Å²) in [6.45, 7) is 2.61. The van der Waals surface area contributed by atoms with Crippen molar-refractivity contribution in [3.8, 4) is 28.4 Å². The van der Waals surface area contributed by atoms with E-state index in [-0.39, 0.29) is 29.3 Å². The van der Waals surface area contributed by atoms with E-state index in [1.54, 1.807) is 6.92 Å². The number of ether oxygens (including phenoxy) is 3. The molecule has 0 aromatic heterocycles. The van der Waals surface area contributed by atoms with E-state index in [1.807, 2.05) is 24.3 Å². The van der Waals surface area contributed by atoms with Gasteiger partial charge in [-0.2, -0.15) is 0 Å². The largest absolute Gasteiger partial charge is 0.492 e. The second kappa shape index (κ2) is 10.7. The van der Waals surface area contributed by atoms with Crippen LogP contribution in [-0.2, 0) is 34.1 Å². The van der Waals surface area contributed by atoms with Gasteiger partial charge in [-0.05, 0) is 91.1 Å². The number of carbonyl (C=O) groups is 1. The third-order valence-electron chi connectivity index (χ3n) is 8.04. The van der Waals surface area contributed by atoms with Crippen LogP contribution in [0.15, 0.2) is 54.6 Å². The minimum absolute atomic E-state index is 0.0435. The quantitative estimate of drug-likeness (QED) is 0.371. The zero-order valence-corrected chi connectivity index (χ0v) is 23.1. The van der Waals surface area contributed by atoms with Crippen molar-refractivity contribution in [2.45, 2.75) is 64.1 Å². The third-order valence-corrected chi connectivity index (χ3v) is 9.76. The normalized spacial score (nSPS) is 19.7. The molecular formula is C32H34O6S. The van der Waals surface area contributed by atoms with Gasteiger partial charge in [0.05, 0.1) is 18.1 Å². The van der Waals surface area contributed by atoms with Crippen molar-refractivity contribution in [1.82, 2.24) is 0 Å². The number of hydrogen-bond donors (Lipinski definition) is 0. The summed E-state index contributed by atoms with van der Waals surface area (Å²) in [6.07, 6.45) is 4.64. The number of benzene rings is 3. The summed E-state index contributed by atoms with van der Waals surface area (Å²) in [6, 6.07) is 18.8. The van der Waals surface area contributed by atoms with Gasteiger partial charge < -0.3 is 19.0 Å². The maximum atomic E-state index is 11.8. The van der Waals surface area contributed by atoms with E-state index in [2.05, 4.69) is 30.3 Å². The third kappa shape index (κ3) is 5.83. The van der Waals surface area contributed by atoms with Crippen molar-refractivity contribution in [3.63, 3.8) is 0 Å². The molecule has 1 fully saturated rings. The van der Waals surface area contributed by atoms with Gasteiger partial charge in [0, 0.05) is 24.0 Å². The van der Waals surface area contributed by atoms with Crippen LogP contribution >= 0.6 is 0 Å². The summed E-state index contributed by atoms with van der Waals surface area (Å²) in [5, 5.41) is 0. The molecule has 3 aliphatic rings. The Kier molecular flexibility index (Phi) is 7.10. The van der Waals surface area contributed by atoms with E-state index in [1.165, 1.54) is 22.3 Å². The molecule has 0 spiro atoms. The van der Waals surface area contributed by atoms with Gasteiger partial charge in [-0.15, -0.1) is 0 Å². The Morgan fingerprint density at radius 2 is 1.72 bits per heavy atom. The standard InChI is InChI=1S/C32H34O6S/c1-21(33)15-25-20-37-32-18-27(7-10-30(25)32)36-19-22-5-6-23-3-2-4-24-17-28(8-9-29(24)31(23)16-22)38-26-11-13-39(34,35)14-12-26/h5-10,16-18,25-26H,2-4,11-15,19-20H2,1H3/t25-/m1/s1. The smallest absolute Gasteiger partial charge is 0.150 e. The van der Waals surface area contributed by atoms with Crippen LogP contribution in [0.3, 0.4) is 0 Å². The monoisotopic (exact) mass is 546 g/mol. The van der Waals surface area contributed by atoms with E-state index >= 15 is 0 Å². The lowest BCUT2D eigenvalue weighted by Crippen LogP contribution is -2.30. The fourth-order valence-electron chi connectivity index (χ4n) is 5.97. The van der Waals surface area contributed by atoms with Crippen LogP contribution in [-0.4, -0.2) is 38.4 Å². The molecule has 7 heteroatoms. The van der Waals surface area contributed by atoms with Gasteiger partial charge in [0.2, 0.25) is 0 Å². The Bertz CT molecular complexity index is 1500. The number of aryl methyl sites for hydroxylation is 2. The molecule has 204 valence electrons. The zero-order valence-electron chi connectivity index (χ0n) is 22.3. The van der Waals surface area contributed by atoms with E-state index in [0.29, 0.717) is 32.5 Å². The van der Waals surface area contributed by atoms with Gasteiger partial charge in [0.15, 0.2) is 9.84 Å². The second-order valence-electron chi connectivity index (χ2n) is 11.0. The lowest BCUT2D eigenvalue weighted by Gasteiger charge is -2.24. The van der Waals surface area contributed by atoms with Crippen LogP contribution in [0.25, 0.3) is 11.1 Å². The number of hydrogen-bond acceptors (Lipinski definition) is 6. The number of fused-ring (bicyclic) bond motifs is 4. The lowest BCUT2D eigenvalue weighted by molar-refractivity contribution is -0.117. The topological polar surface area (TPSA) is 78.9 Å². The molecule has 1 saturated heterocycles. The molecular weight excluding hydrogens is 512 g/mol. The Morgan fingerprint density at radius 3 is 2.54 bits per heavy atom. The molecule has 0 saturated carbocycles. The molecule has 0 bridgehead atoms. The van der Waals surface area contributed by atoms with Crippen molar-refractivity contribution in [1.29, 1.82) is 0 Å². The maximum absolute atomic E-state index is 11.8. The number of carbonyl (C=O) groups excluding carboxylic acids is 1. The van der Waals surface area contributed by atoms with E-state index in [0.717, 1.165) is 47.6 Å². The highest BCUT2D eigenvalue weighted by Crippen LogP contribution is 2.39. The van der Waals surface area contributed by atoms with E-state index < -0.39 is 9.84 Å². The zero-order chi connectivity index (χ0) is 27.0. The Labute approximate surface area is 230 Å². The van der Waals surface area contributed by atoms with Crippen LogP contribution < -0.4 is 14.2 Å². The molecule has 0 N–H and O–H groups in total. The molecule has 0 radical (unpaired) electrons. The highest BCUT2D eigenvalue weighted by atomic mass is 32.2. The SMILES string of the molecule is CC(=O)C[C@@H]1COc2cc(OCc3ccc4c(c3)-c3ccc(OC5CCS(=O)(=O)CC5)cc3CCC4)ccc21. The average Bonchev–Trinajstić information content (AvgIpc) is 3.21. The summed E-state index contributed by atoms with van der Waals surface area (Å²) < 4.78 is 41.7. The lowest BCUT2D eigenvalue weighted by atomic mass is 9.94. The Hall–Kier alpha value is -3.32. The van der Waals surface area contributed by atoms with Gasteiger partial charge in [-0.3, -0.25) is 0 Å². The fraction of sp³-hybridized carbons (Fsp3) is 0.406. The first-order chi connectivity index (χ1) is 18.8. The van der Waals surface area contributed by atoms with Crippen molar-refractivity contribution in [3.05, 3.63) is 76.9 Å². The predicted octanol–water partition coefficient (Wildman–Crippen LogP) is 5.83. The Morgan fingerprint density at radius 1 is 0.923 bits per heavy atom. The van der Waals surface area contributed by atoms with Gasteiger partial charge in [0.25, 0.3) is 0 Å². The first-order valence-corrected chi connectivity index (χ1v) is 15.7. The van der Waals surface area contributed by atoms with Gasteiger partial charge in [-0.1, -0.05) is 24.3 Å². The van der Waals surface area contributed by atoms with Crippen LogP contribution in [0.4, 0.5) is 0 Å². The molecule has 0 amide bonds. The van der Waals surface area contributed by atoms with Crippen LogP contribution in [0.2, 0.25) is 0 Å². The number of Topliss-reactive ketones (excluding diaryl/α,β-unsaturated/α-hetero) is 1. The molecule has 1 atom stereocenters. The fourth-order valence-corrected chi connectivity index (χ4v) is 7.42. The minimum atomic E-state index is -2.90. The summed E-state index contributed by atoms with van der Waals surface area (Å²) in [5.74, 6) is 3.10. The highest BCUT2D eigenvalue weighted by Gasteiger charge is 2.27. The molecule has 1 aliphatic carbocycles. The number of sulfone groups is 1. The van der Waals surface area contributed by atoms with Crippen LogP contribution in [0.1, 0.15) is 60.8 Å². The first-order valence-electron chi connectivity index (χ1n) is 13.8. The molecule has 0 unspecified atom stereocenters. The highest BCUT2D eigenvalue weighted by molar-refractivity contribution is 7.91. The van der Waals surface area contributed by atoms with Gasteiger partial charge >= 0.3 is 0 Å². The maximum Gasteiger partial charge on any atom is 0.150 e. The predicted molar refractivity (Wildman–Crippen MR) is 151 cm³/mol. The molecule has 6 rings (SSSR count). The molecule has 3 aromatic rings. The Balaban J connectivity index is 1.16. The van der Waals surface area contributed by atoms with Gasteiger partial charge in [-0.25, -0.2) is 8.42 Å². The van der Waals surface area contributed by atoms with E-state index in [9.17, 15) is 13.2 Å². The number of ketones is 1. The summed E-state index contributed by atoms with van der Waals surface area (Å²) >= 11 is 0. The summed E-state index contributed by atoms with van der Waals surface area (Å²) in [4.78, 5) is 11.5. The summed E-state index contributed by atoms with van der Waals surface area (Å²) in [5.41, 5.74) is 7.25. The van der Waals surface area contributed by atoms with Crippen molar-refractivity contribution < 1.29 is 27.4 Å². The van der Waals surface area contributed by atoms with Crippen LogP contribution in [0, 0.1) is 0 Å². The number of rotatable bonds is 7.